The second-order valence-electron chi connectivity index (χ2n) is 5.15. The predicted molar refractivity (Wildman–Crippen MR) is 89.7 cm³/mol. The minimum atomic E-state index is -0.0996. The second kappa shape index (κ2) is 8.26. The van der Waals surface area contributed by atoms with Gasteiger partial charge in [0, 0.05) is 22.7 Å². The average molecular weight is 324 g/mol. The summed E-state index contributed by atoms with van der Waals surface area (Å²) < 4.78 is 0. The fraction of sp³-hybridized carbons (Fsp3) is 0.353. The van der Waals surface area contributed by atoms with Gasteiger partial charge >= 0.3 is 0 Å². The molecule has 2 nitrogen and oxygen atoms in total. The molecular weight excluding hydrogens is 305 g/mol. The summed E-state index contributed by atoms with van der Waals surface area (Å²) in [7, 11) is 0. The van der Waals surface area contributed by atoms with Crippen molar-refractivity contribution in [3.63, 3.8) is 0 Å². The number of carbonyl (C=O) groups is 1. The highest BCUT2D eigenvalue weighted by Crippen LogP contribution is 2.22. The zero-order valence-corrected chi connectivity index (χ0v) is 13.4. The smallest absolute Gasteiger partial charge is 0.244 e. The first kappa shape index (κ1) is 16.1. The summed E-state index contributed by atoms with van der Waals surface area (Å²) in [6.45, 7) is 0.684. The van der Waals surface area contributed by atoms with Crippen molar-refractivity contribution >= 4 is 35.2 Å². The summed E-state index contributed by atoms with van der Waals surface area (Å²) in [4.78, 5) is 11.7. The Morgan fingerprint density at radius 2 is 2.14 bits per heavy atom. The van der Waals surface area contributed by atoms with Crippen molar-refractivity contribution in [2.75, 3.05) is 6.54 Å². The third-order valence-corrected chi connectivity index (χ3v) is 4.07. The molecule has 0 saturated heterocycles. The first-order valence-corrected chi connectivity index (χ1v) is 7.99. The number of carbonyl (C=O) groups excluding carboxylic acids is 1. The van der Waals surface area contributed by atoms with Crippen LogP contribution in [0.4, 0.5) is 0 Å². The van der Waals surface area contributed by atoms with Crippen molar-refractivity contribution in [3.8, 4) is 0 Å². The summed E-state index contributed by atoms with van der Waals surface area (Å²) in [6.07, 6.45) is 11.4. The molecule has 112 valence electrons. The highest BCUT2D eigenvalue weighted by atomic mass is 35.5. The van der Waals surface area contributed by atoms with Crippen LogP contribution in [0.15, 0.2) is 35.9 Å². The number of hydrogen-bond acceptors (Lipinski definition) is 1. The monoisotopic (exact) mass is 323 g/mol. The molecular formula is C17H19Cl2NO. The average Bonchev–Trinajstić information content (AvgIpc) is 2.47. The Morgan fingerprint density at radius 1 is 1.29 bits per heavy atom. The van der Waals surface area contributed by atoms with Crippen LogP contribution < -0.4 is 5.32 Å². The van der Waals surface area contributed by atoms with E-state index in [2.05, 4.69) is 11.4 Å². The van der Waals surface area contributed by atoms with Gasteiger partial charge in [-0.25, -0.2) is 0 Å². The van der Waals surface area contributed by atoms with E-state index in [9.17, 15) is 4.79 Å². The van der Waals surface area contributed by atoms with Gasteiger partial charge in [0.2, 0.25) is 5.91 Å². The number of halogens is 2. The predicted octanol–water partition coefficient (Wildman–Crippen LogP) is 5.01. The third kappa shape index (κ3) is 5.56. The number of benzene rings is 1. The lowest BCUT2D eigenvalue weighted by Crippen LogP contribution is -2.22. The van der Waals surface area contributed by atoms with Crippen LogP contribution in [0.5, 0.6) is 0 Å². The van der Waals surface area contributed by atoms with Crippen molar-refractivity contribution in [2.45, 2.75) is 32.1 Å². The van der Waals surface area contributed by atoms with Gasteiger partial charge in [0.25, 0.3) is 0 Å². The van der Waals surface area contributed by atoms with Gasteiger partial charge in [-0.1, -0.05) is 40.9 Å². The standard InChI is InChI=1S/C17H19Cl2NO/c18-15-8-6-14(16(19)12-15)7-9-17(21)20-11-10-13-4-2-1-3-5-13/h4,6-9,12H,1-3,5,10-11H2,(H,20,21)/b9-7+. The molecule has 0 aliphatic heterocycles. The molecule has 0 saturated carbocycles. The number of allylic oxidation sites excluding steroid dienone is 1. The van der Waals surface area contributed by atoms with E-state index < -0.39 is 0 Å². The number of hydrogen-bond donors (Lipinski definition) is 1. The van der Waals surface area contributed by atoms with Gasteiger partial charge in [-0.3, -0.25) is 4.79 Å². The minimum Gasteiger partial charge on any atom is -0.352 e. The highest BCUT2D eigenvalue weighted by Gasteiger charge is 2.04. The summed E-state index contributed by atoms with van der Waals surface area (Å²) in [5.41, 5.74) is 2.25. The van der Waals surface area contributed by atoms with Crippen LogP contribution >= 0.6 is 23.2 Å². The van der Waals surface area contributed by atoms with E-state index in [0.717, 1.165) is 12.0 Å². The van der Waals surface area contributed by atoms with Gasteiger partial charge in [0.05, 0.1) is 0 Å². The van der Waals surface area contributed by atoms with Crippen molar-refractivity contribution in [1.29, 1.82) is 0 Å². The zero-order valence-electron chi connectivity index (χ0n) is 11.9. The van der Waals surface area contributed by atoms with Gasteiger partial charge in [-0.15, -0.1) is 0 Å². The van der Waals surface area contributed by atoms with Crippen LogP contribution in [0.1, 0.15) is 37.7 Å². The first-order chi connectivity index (χ1) is 10.1. The molecule has 0 heterocycles. The summed E-state index contributed by atoms with van der Waals surface area (Å²) in [6, 6.07) is 5.21. The lowest BCUT2D eigenvalue weighted by Gasteiger charge is -2.12. The molecule has 1 aromatic rings. The van der Waals surface area contributed by atoms with Gasteiger partial charge in [0.1, 0.15) is 0 Å². The lowest BCUT2D eigenvalue weighted by atomic mass is 9.97. The second-order valence-corrected chi connectivity index (χ2v) is 5.99. The Hall–Kier alpha value is -1.25. The molecule has 0 fully saturated rings. The van der Waals surface area contributed by atoms with Gasteiger partial charge in [0.15, 0.2) is 0 Å². The SMILES string of the molecule is O=C(/C=C/c1ccc(Cl)cc1Cl)NCCC1=CCCCC1. The maximum atomic E-state index is 11.7. The van der Waals surface area contributed by atoms with E-state index >= 15 is 0 Å². The van der Waals surface area contributed by atoms with Crippen molar-refractivity contribution in [3.05, 3.63) is 51.5 Å². The molecule has 0 spiro atoms. The number of rotatable bonds is 5. The molecule has 1 aliphatic carbocycles. The topological polar surface area (TPSA) is 29.1 Å². The molecule has 1 amide bonds. The van der Waals surface area contributed by atoms with E-state index in [1.54, 1.807) is 24.3 Å². The van der Waals surface area contributed by atoms with Crippen molar-refractivity contribution in [1.82, 2.24) is 5.32 Å². The van der Waals surface area contributed by atoms with E-state index in [-0.39, 0.29) is 5.91 Å². The first-order valence-electron chi connectivity index (χ1n) is 7.24. The van der Waals surface area contributed by atoms with Crippen molar-refractivity contribution < 1.29 is 4.79 Å². The molecule has 2 rings (SSSR count). The Morgan fingerprint density at radius 3 is 2.86 bits per heavy atom. The molecule has 1 N–H and O–H groups in total. The Kier molecular flexibility index (Phi) is 6.34. The molecule has 1 aromatic carbocycles. The van der Waals surface area contributed by atoms with Crippen LogP contribution in [0.3, 0.4) is 0 Å². The third-order valence-electron chi connectivity index (χ3n) is 3.51. The van der Waals surface area contributed by atoms with E-state index in [1.165, 1.54) is 37.3 Å². The van der Waals surface area contributed by atoms with Crippen LogP contribution in [0.2, 0.25) is 10.0 Å². The van der Waals surface area contributed by atoms with Crippen LogP contribution in [-0.4, -0.2) is 12.5 Å². The molecule has 0 aromatic heterocycles. The summed E-state index contributed by atoms with van der Waals surface area (Å²) in [5.74, 6) is -0.0996. The Balaban J connectivity index is 1.78. The maximum absolute atomic E-state index is 11.7. The summed E-state index contributed by atoms with van der Waals surface area (Å²) in [5, 5.41) is 4.02. The highest BCUT2D eigenvalue weighted by molar-refractivity contribution is 6.35. The van der Waals surface area contributed by atoms with Gasteiger partial charge in [-0.05, 0) is 55.9 Å². The molecule has 0 radical (unpaired) electrons. The van der Waals surface area contributed by atoms with Crippen LogP contribution in [0, 0.1) is 0 Å². The Bertz CT molecular complexity index is 564. The zero-order chi connectivity index (χ0) is 15.1. The molecule has 0 unspecified atom stereocenters. The number of nitrogens with one attached hydrogen (secondary N) is 1. The van der Waals surface area contributed by atoms with E-state index in [1.807, 2.05) is 0 Å². The fourth-order valence-corrected chi connectivity index (χ4v) is 2.81. The van der Waals surface area contributed by atoms with E-state index in [4.69, 9.17) is 23.2 Å². The lowest BCUT2D eigenvalue weighted by molar-refractivity contribution is -0.116. The fourth-order valence-electron chi connectivity index (χ4n) is 2.34. The van der Waals surface area contributed by atoms with Crippen molar-refractivity contribution in [2.24, 2.45) is 0 Å². The van der Waals surface area contributed by atoms with E-state index in [0.29, 0.717) is 16.6 Å². The normalized spacial score (nSPS) is 15.0. The number of amides is 1. The summed E-state index contributed by atoms with van der Waals surface area (Å²) >= 11 is 11.9. The Labute approximate surface area is 135 Å². The molecule has 21 heavy (non-hydrogen) atoms. The maximum Gasteiger partial charge on any atom is 0.244 e. The molecule has 0 atom stereocenters. The molecule has 0 bridgehead atoms. The van der Waals surface area contributed by atoms with Gasteiger partial charge < -0.3 is 5.32 Å². The molecule has 4 heteroatoms. The quantitative estimate of drug-likeness (QED) is 0.598. The van der Waals surface area contributed by atoms with Crippen LogP contribution in [0.25, 0.3) is 6.08 Å². The van der Waals surface area contributed by atoms with Gasteiger partial charge in [-0.2, -0.15) is 0 Å². The molecule has 1 aliphatic rings. The largest absolute Gasteiger partial charge is 0.352 e. The minimum absolute atomic E-state index is 0.0996. The van der Waals surface area contributed by atoms with Crippen LogP contribution in [-0.2, 0) is 4.79 Å².